The van der Waals surface area contributed by atoms with E-state index in [1.807, 2.05) is 0 Å². The quantitative estimate of drug-likeness (QED) is 0.597. The van der Waals surface area contributed by atoms with Gasteiger partial charge in [0.2, 0.25) is 0 Å². The van der Waals surface area contributed by atoms with Crippen LogP contribution in [0.25, 0.3) is 0 Å². The largest absolute Gasteiger partial charge is 0.383 e. The lowest BCUT2D eigenvalue weighted by atomic mass is 10.2. The van der Waals surface area contributed by atoms with Gasteiger partial charge in [-0.2, -0.15) is 0 Å². The molecule has 1 aliphatic rings. The van der Waals surface area contributed by atoms with E-state index in [0.717, 1.165) is 6.21 Å². The zero-order valence-electron chi connectivity index (χ0n) is 5.53. The van der Waals surface area contributed by atoms with Crippen LogP contribution < -0.4 is 5.73 Å². The number of fused-ring (bicyclic) bond motifs is 1. The van der Waals surface area contributed by atoms with Gasteiger partial charge in [-0.3, -0.25) is 0 Å². The molecule has 4 nitrogen and oxygen atoms in total. The average Bonchev–Trinajstić information content (AvgIpc) is 2.34. The van der Waals surface area contributed by atoms with E-state index in [9.17, 15) is 4.39 Å². The van der Waals surface area contributed by atoms with Gasteiger partial charge in [-0.15, -0.1) is 0 Å². The molecule has 11 heavy (non-hydrogen) atoms. The summed E-state index contributed by atoms with van der Waals surface area (Å²) in [6.07, 6.45) is 1.19. The molecule has 1 unspecified atom stereocenters. The van der Waals surface area contributed by atoms with Gasteiger partial charge >= 0.3 is 0 Å². The number of aromatic nitrogens is 2. The van der Waals surface area contributed by atoms with E-state index < -0.39 is 6.17 Å². The van der Waals surface area contributed by atoms with Crippen LogP contribution in [0.5, 0.6) is 0 Å². The van der Waals surface area contributed by atoms with Crippen LogP contribution in [0.1, 0.15) is 11.7 Å². The Hall–Kier alpha value is -1.52. The second-order valence-electron chi connectivity index (χ2n) is 2.18. The molecule has 5 heteroatoms. The van der Waals surface area contributed by atoms with E-state index in [0.29, 0.717) is 5.82 Å². The highest BCUT2D eigenvalue weighted by Gasteiger charge is 2.22. The zero-order chi connectivity index (χ0) is 7.84. The topological polar surface area (TPSA) is 64.2 Å². The number of hydrogen-bond donors (Lipinski definition) is 1. The molecule has 0 amide bonds. The number of hydrogen-bond acceptors (Lipinski definition) is 4. The Morgan fingerprint density at radius 1 is 1.45 bits per heavy atom. The van der Waals surface area contributed by atoms with E-state index in [1.165, 1.54) is 6.33 Å². The van der Waals surface area contributed by atoms with Crippen LogP contribution >= 0.6 is 0 Å². The highest BCUT2D eigenvalue weighted by molar-refractivity contribution is 5.80. The van der Waals surface area contributed by atoms with Gasteiger partial charge in [-0.05, 0) is 0 Å². The number of nitrogen functional groups attached to an aromatic ring is 1. The van der Waals surface area contributed by atoms with Gasteiger partial charge in [-0.1, -0.05) is 0 Å². The molecule has 2 heterocycles. The molecule has 0 aliphatic carbocycles. The normalized spacial score (nSPS) is 20.3. The Labute approximate surface area is 62.0 Å². The molecular weight excluding hydrogens is 147 g/mol. The molecule has 2 N–H and O–H groups in total. The molecule has 2 rings (SSSR count). The molecule has 0 saturated carbocycles. The standard InChI is InChI=1S/C6H5FN4/c7-3-1-9-6-4(3)5(8)10-2-11-6/h1-3H,(H2,8,10,11). The smallest absolute Gasteiger partial charge is 0.168 e. The maximum Gasteiger partial charge on any atom is 0.168 e. The van der Waals surface area contributed by atoms with Gasteiger partial charge in [0.1, 0.15) is 12.1 Å². The summed E-state index contributed by atoms with van der Waals surface area (Å²) in [4.78, 5) is 11.1. The van der Waals surface area contributed by atoms with Gasteiger partial charge in [0.05, 0.1) is 5.56 Å². The molecule has 56 valence electrons. The molecule has 1 atom stereocenters. The van der Waals surface area contributed by atoms with Crippen LogP contribution in [0.2, 0.25) is 0 Å². The van der Waals surface area contributed by atoms with E-state index in [4.69, 9.17) is 5.73 Å². The lowest BCUT2D eigenvalue weighted by Gasteiger charge is -2.00. The number of rotatable bonds is 0. The van der Waals surface area contributed by atoms with Gasteiger partial charge in [-0.25, -0.2) is 19.4 Å². The molecule has 0 radical (unpaired) electrons. The van der Waals surface area contributed by atoms with Crippen molar-refractivity contribution in [1.82, 2.24) is 9.97 Å². The van der Waals surface area contributed by atoms with Crippen LogP contribution in [0.4, 0.5) is 16.0 Å². The summed E-state index contributed by atoms with van der Waals surface area (Å²) in [6, 6.07) is 0. The predicted molar refractivity (Wildman–Crippen MR) is 38.4 cm³/mol. The number of aliphatic imine (C=N–C) groups is 1. The number of anilines is 1. The Kier molecular flexibility index (Phi) is 1.12. The molecule has 0 fully saturated rings. The first kappa shape index (κ1) is 6.21. The minimum atomic E-state index is -1.24. The molecule has 0 spiro atoms. The third kappa shape index (κ3) is 0.772. The second-order valence-corrected chi connectivity index (χ2v) is 2.18. The summed E-state index contributed by atoms with van der Waals surface area (Å²) in [5.41, 5.74) is 5.68. The van der Waals surface area contributed by atoms with Gasteiger partial charge in [0.15, 0.2) is 12.0 Å². The van der Waals surface area contributed by atoms with E-state index >= 15 is 0 Å². The highest BCUT2D eigenvalue weighted by atomic mass is 19.1. The summed E-state index contributed by atoms with van der Waals surface area (Å²) in [5, 5.41) is 0. The van der Waals surface area contributed by atoms with E-state index in [-0.39, 0.29) is 11.4 Å². The number of nitrogens with zero attached hydrogens (tertiary/aromatic N) is 3. The Morgan fingerprint density at radius 3 is 3.00 bits per heavy atom. The minimum Gasteiger partial charge on any atom is -0.383 e. The molecule has 0 saturated heterocycles. The van der Waals surface area contributed by atoms with Crippen molar-refractivity contribution in [3.8, 4) is 0 Å². The molecule has 0 bridgehead atoms. The fourth-order valence-corrected chi connectivity index (χ4v) is 0.977. The number of alkyl halides is 1. The van der Waals surface area contributed by atoms with E-state index in [1.54, 1.807) is 0 Å². The van der Waals surface area contributed by atoms with Gasteiger partial charge in [0.25, 0.3) is 0 Å². The molecule has 1 aromatic heterocycles. The van der Waals surface area contributed by atoms with Crippen molar-refractivity contribution in [2.45, 2.75) is 6.17 Å². The van der Waals surface area contributed by atoms with Crippen molar-refractivity contribution < 1.29 is 4.39 Å². The first-order valence-corrected chi connectivity index (χ1v) is 3.07. The minimum absolute atomic E-state index is 0.167. The number of nitrogens with two attached hydrogens (primary N) is 1. The molecule has 1 aliphatic heterocycles. The lowest BCUT2D eigenvalue weighted by Crippen LogP contribution is -1.98. The maximum atomic E-state index is 12.9. The van der Waals surface area contributed by atoms with Crippen molar-refractivity contribution >= 4 is 17.9 Å². The van der Waals surface area contributed by atoms with Crippen molar-refractivity contribution in [3.63, 3.8) is 0 Å². The second kappa shape index (κ2) is 1.98. The Morgan fingerprint density at radius 2 is 2.27 bits per heavy atom. The maximum absolute atomic E-state index is 12.9. The zero-order valence-corrected chi connectivity index (χ0v) is 5.53. The summed E-state index contributed by atoms with van der Waals surface area (Å²) in [5.74, 6) is 0.505. The SMILES string of the molecule is Nc1ncnc2c1C(F)C=N2. The molecule has 1 aromatic rings. The van der Waals surface area contributed by atoms with Crippen LogP contribution in [-0.4, -0.2) is 16.2 Å². The monoisotopic (exact) mass is 152 g/mol. The summed E-state index contributed by atoms with van der Waals surface area (Å²) >= 11 is 0. The van der Waals surface area contributed by atoms with Crippen LogP contribution in [0, 0.1) is 0 Å². The molecular formula is C6H5FN4. The first-order valence-electron chi connectivity index (χ1n) is 3.07. The fourth-order valence-electron chi connectivity index (χ4n) is 0.977. The summed E-state index contributed by atoms with van der Waals surface area (Å²) in [7, 11) is 0. The summed E-state index contributed by atoms with van der Waals surface area (Å²) in [6.45, 7) is 0. The van der Waals surface area contributed by atoms with E-state index in [2.05, 4.69) is 15.0 Å². The van der Waals surface area contributed by atoms with Gasteiger partial charge in [0, 0.05) is 6.21 Å². The number of halogens is 1. The van der Waals surface area contributed by atoms with Crippen molar-refractivity contribution in [1.29, 1.82) is 0 Å². The Bertz CT molecular complexity index is 322. The first-order chi connectivity index (χ1) is 5.29. The fraction of sp³-hybridized carbons (Fsp3) is 0.167. The van der Waals surface area contributed by atoms with Crippen LogP contribution in [0.3, 0.4) is 0 Å². The Balaban J connectivity index is 2.65. The predicted octanol–water partition coefficient (Wildman–Crippen LogP) is 0.785. The third-order valence-electron chi connectivity index (χ3n) is 1.50. The van der Waals surface area contributed by atoms with Crippen molar-refractivity contribution in [2.24, 2.45) is 4.99 Å². The highest BCUT2D eigenvalue weighted by Crippen LogP contribution is 2.33. The molecule has 0 aromatic carbocycles. The third-order valence-corrected chi connectivity index (χ3v) is 1.50. The van der Waals surface area contributed by atoms with Crippen LogP contribution in [-0.2, 0) is 0 Å². The van der Waals surface area contributed by atoms with Crippen LogP contribution in [0.15, 0.2) is 11.3 Å². The summed E-state index contributed by atoms with van der Waals surface area (Å²) < 4.78 is 12.9. The average molecular weight is 152 g/mol. The lowest BCUT2D eigenvalue weighted by molar-refractivity contribution is 0.452. The van der Waals surface area contributed by atoms with Crippen molar-refractivity contribution in [3.05, 3.63) is 11.9 Å². The van der Waals surface area contributed by atoms with Crippen molar-refractivity contribution in [2.75, 3.05) is 5.73 Å². The van der Waals surface area contributed by atoms with Gasteiger partial charge < -0.3 is 5.73 Å².